The van der Waals surface area contributed by atoms with E-state index in [9.17, 15) is 24.0 Å². The van der Waals surface area contributed by atoms with E-state index in [4.69, 9.17) is 51.1 Å². The third kappa shape index (κ3) is 5.44. The second kappa shape index (κ2) is 11.0. The van der Waals surface area contributed by atoms with Gasteiger partial charge in [-0.2, -0.15) is 0 Å². The van der Waals surface area contributed by atoms with Crippen LogP contribution in [-0.4, -0.2) is 47.1 Å². The van der Waals surface area contributed by atoms with Gasteiger partial charge in [0.05, 0.1) is 31.2 Å². The van der Waals surface area contributed by atoms with Crippen LogP contribution in [0.25, 0.3) is 0 Å². The van der Waals surface area contributed by atoms with Crippen LogP contribution < -0.4 is 10.6 Å². The molecular weight excluding hydrogens is 556 g/mol. The molecule has 0 aliphatic carbocycles. The number of imide groups is 1. The van der Waals surface area contributed by atoms with Gasteiger partial charge in [-0.3, -0.25) is 24.1 Å². The van der Waals surface area contributed by atoms with Crippen LogP contribution in [0, 0.1) is 5.92 Å². The second-order valence-electron chi connectivity index (χ2n) is 8.09. The van der Waals surface area contributed by atoms with E-state index in [1.54, 1.807) is 38.1 Å². The molecule has 4 amide bonds. The first kappa shape index (κ1) is 27.7. The summed E-state index contributed by atoms with van der Waals surface area (Å²) in [6.45, 7) is 3.87. The van der Waals surface area contributed by atoms with Crippen molar-refractivity contribution < 1.29 is 28.7 Å². The number of anilines is 2. The minimum Gasteiger partial charge on any atom is -0.454 e. The lowest BCUT2D eigenvalue weighted by molar-refractivity contribution is -0.152. The summed E-state index contributed by atoms with van der Waals surface area (Å²) in [6, 6.07) is 4.87. The van der Waals surface area contributed by atoms with Crippen molar-refractivity contribution in [1.29, 1.82) is 0 Å². The zero-order valence-corrected chi connectivity index (χ0v) is 22.1. The van der Waals surface area contributed by atoms with Gasteiger partial charge in [0, 0.05) is 18.3 Å². The minimum atomic E-state index is -1.38. The Hall–Kier alpha value is -2.85. The van der Waals surface area contributed by atoms with E-state index in [1.165, 1.54) is 6.92 Å². The Balaban J connectivity index is 1.73. The van der Waals surface area contributed by atoms with Crippen LogP contribution in [0.3, 0.4) is 0 Å². The van der Waals surface area contributed by atoms with Crippen LogP contribution >= 0.6 is 46.4 Å². The molecule has 1 aliphatic rings. The van der Waals surface area contributed by atoms with E-state index in [1.807, 2.05) is 0 Å². The molecule has 0 bridgehead atoms. The van der Waals surface area contributed by atoms with Gasteiger partial charge in [-0.05, 0) is 30.2 Å². The fourth-order valence-corrected chi connectivity index (χ4v) is 4.57. The van der Waals surface area contributed by atoms with Gasteiger partial charge >= 0.3 is 5.97 Å². The average molecular weight is 575 g/mol. The SMILES string of the molecule is CC(=O)Nc1ccc(NC(=O)COC(=O)[C@H](C(C)C)N2C(=O)c3c(Cl)c(Cl)c(Cl)c(Cl)c3C2=O)cc1. The van der Waals surface area contributed by atoms with Crippen molar-refractivity contribution in [1.82, 2.24) is 4.90 Å². The lowest BCUT2D eigenvalue weighted by Crippen LogP contribution is -2.49. The van der Waals surface area contributed by atoms with Crippen LogP contribution in [0.4, 0.5) is 11.4 Å². The van der Waals surface area contributed by atoms with E-state index >= 15 is 0 Å². The van der Waals surface area contributed by atoms with Crippen LogP contribution in [0.5, 0.6) is 0 Å². The van der Waals surface area contributed by atoms with E-state index in [2.05, 4.69) is 10.6 Å². The highest BCUT2D eigenvalue weighted by Crippen LogP contribution is 2.45. The standard InChI is InChI=1S/C23H19Cl4N3O6/c1-9(2)20(30-21(33)14-15(22(30)34)17(25)19(27)18(26)16(14)24)23(35)36-8-13(32)29-12-6-4-11(5-7-12)28-10(3)31/h4-7,9,20H,8H2,1-3H3,(H,28,31)(H,29,32)/t20-/m0/s1. The van der Waals surface area contributed by atoms with Crippen molar-refractivity contribution in [3.05, 3.63) is 55.5 Å². The summed E-state index contributed by atoms with van der Waals surface area (Å²) in [6.07, 6.45) is 0. The predicted octanol–water partition coefficient (Wildman–Crippen LogP) is 5.06. The Morgan fingerprint density at radius 2 is 1.28 bits per heavy atom. The van der Waals surface area contributed by atoms with Gasteiger partial charge < -0.3 is 15.4 Å². The molecule has 13 heteroatoms. The van der Waals surface area contributed by atoms with Gasteiger partial charge in [0.15, 0.2) is 6.61 Å². The smallest absolute Gasteiger partial charge is 0.330 e. The summed E-state index contributed by atoms with van der Waals surface area (Å²) in [5.41, 5.74) is 0.402. The Labute approximate surface area is 225 Å². The van der Waals surface area contributed by atoms with Crippen molar-refractivity contribution in [3.63, 3.8) is 0 Å². The number of amides is 4. The molecule has 1 heterocycles. The minimum absolute atomic E-state index is 0.199. The molecule has 190 valence electrons. The van der Waals surface area contributed by atoms with Gasteiger partial charge in [-0.25, -0.2) is 4.79 Å². The molecule has 0 unspecified atom stereocenters. The maximum absolute atomic E-state index is 13.1. The molecule has 0 saturated heterocycles. The van der Waals surface area contributed by atoms with Gasteiger partial charge in [0.25, 0.3) is 17.7 Å². The van der Waals surface area contributed by atoms with E-state index in [-0.39, 0.29) is 37.1 Å². The molecule has 0 spiro atoms. The number of halogens is 4. The third-order valence-electron chi connectivity index (χ3n) is 5.12. The molecule has 3 rings (SSSR count). The lowest BCUT2D eigenvalue weighted by atomic mass is 10.0. The second-order valence-corrected chi connectivity index (χ2v) is 9.60. The monoisotopic (exact) mass is 573 g/mol. The molecule has 0 aromatic heterocycles. The molecule has 0 fully saturated rings. The number of nitrogens with zero attached hydrogens (tertiary/aromatic N) is 1. The van der Waals surface area contributed by atoms with Crippen LogP contribution in [0.1, 0.15) is 41.5 Å². The van der Waals surface area contributed by atoms with Gasteiger partial charge in [-0.15, -0.1) is 0 Å². The average Bonchev–Trinajstić information content (AvgIpc) is 3.06. The maximum Gasteiger partial charge on any atom is 0.330 e. The number of benzene rings is 2. The fourth-order valence-electron chi connectivity index (χ4n) is 3.55. The summed E-state index contributed by atoms with van der Waals surface area (Å²) in [5.74, 6) is -4.26. The van der Waals surface area contributed by atoms with Crippen molar-refractivity contribution in [2.45, 2.75) is 26.8 Å². The zero-order chi connectivity index (χ0) is 26.9. The number of fused-ring (bicyclic) bond motifs is 1. The number of carbonyl (C=O) groups is 5. The highest BCUT2D eigenvalue weighted by molar-refractivity contribution is 6.55. The molecule has 1 atom stereocenters. The Kier molecular flexibility index (Phi) is 8.51. The maximum atomic E-state index is 13.1. The predicted molar refractivity (Wildman–Crippen MR) is 136 cm³/mol. The first-order chi connectivity index (χ1) is 16.8. The van der Waals surface area contributed by atoms with Gasteiger partial charge in [0.2, 0.25) is 5.91 Å². The summed E-state index contributed by atoms with van der Waals surface area (Å²) in [4.78, 5) is 63.2. The Morgan fingerprint density at radius 1 is 0.833 bits per heavy atom. The highest BCUT2D eigenvalue weighted by Gasteiger charge is 2.48. The summed E-state index contributed by atoms with van der Waals surface area (Å²) < 4.78 is 5.12. The number of carbonyl (C=O) groups excluding carboxylic acids is 5. The first-order valence-corrected chi connectivity index (χ1v) is 11.9. The van der Waals surface area contributed by atoms with Crippen molar-refractivity contribution in [2.24, 2.45) is 5.92 Å². The number of esters is 1. The van der Waals surface area contributed by atoms with E-state index in [0.717, 1.165) is 0 Å². The molecule has 0 radical (unpaired) electrons. The van der Waals surface area contributed by atoms with Crippen LogP contribution in [0.2, 0.25) is 20.1 Å². The topological polar surface area (TPSA) is 122 Å². The molecule has 0 saturated carbocycles. The fraction of sp³-hybridized carbons (Fsp3) is 0.261. The lowest BCUT2D eigenvalue weighted by Gasteiger charge is -2.27. The highest BCUT2D eigenvalue weighted by atomic mass is 35.5. The number of hydrogen-bond acceptors (Lipinski definition) is 6. The summed E-state index contributed by atoms with van der Waals surface area (Å²) in [5, 5.41) is 4.20. The largest absolute Gasteiger partial charge is 0.454 e. The van der Waals surface area contributed by atoms with Crippen LogP contribution in [-0.2, 0) is 19.1 Å². The summed E-state index contributed by atoms with van der Waals surface area (Å²) >= 11 is 24.4. The number of hydrogen-bond donors (Lipinski definition) is 2. The van der Waals surface area contributed by atoms with Crippen molar-refractivity contribution in [3.8, 4) is 0 Å². The number of rotatable bonds is 7. The molecule has 36 heavy (non-hydrogen) atoms. The normalized spacial score (nSPS) is 13.5. The molecule has 9 nitrogen and oxygen atoms in total. The molecule has 2 N–H and O–H groups in total. The van der Waals surface area contributed by atoms with Gasteiger partial charge in [0.1, 0.15) is 6.04 Å². The van der Waals surface area contributed by atoms with Gasteiger partial charge in [-0.1, -0.05) is 60.3 Å². The Bertz CT molecular complexity index is 1230. The Morgan fingerprint density at radius 3 is 1.69 bits per heavy atom. The first-order valence-electron chi connectivity index (χ1n) is 10.4. The van der Waals surface area contributed by atoms with Crippen LogP contribution in [0.15, 0.2) is 24.3 Å². The summed E-state index contributed by atoms with van der Waals surface area (Å²) in [7, 11) is 0. The van der Waals surface area contributed by atoms with Crippen molar-refractivity contribution in [2.75, 3.05) is 17.2 Å². The molecular formula is C23H19Cl4N3O6. The van der Waals surface area contributed by atoms with Crippen molar-refractivity contribution >= 4 is 87.4 Å². The molecule has 2 aromatic rings. The zero-order valence-electron chi connectivity index (χ0n) is 19.1. The number of nitrogens with one attached hydrogen (secondary N) is 2. The number of ether oxygens (including phenoxy) is 1. The quantitative estimate of drug-likeness (QED) is 0.206. The van der Waals surface area contributed by atoms with E-state index in [0.29, 0.717) is 16.3 Å². The molecule has 1 aliphatic heterocycles. The van der Waals surface area contributed by atoms with E-state index < -0.39 is 42.3 Å². The molecule has 2 aromatic carbocycles. The third-order valence-corrected chi connectivity index (χ3v) is 6.92.